The number of rotatable bonds is 4. The van der Waals surface area contributed by atoms with Crippen LogP contribution in [0.3, 0.4) is 0 Å². The second kappa shape index (κ2) is 4.44. The molecule has 1 saturated heterocycles. The molecule has 90 valence electrons. The Balaban J connectivity index is 1.81. The van der Waals surface area contributed by atoms with Gasteiger partial charge in [0.05, 0.1) is 25.5 Å². The Hall–Kier alpha value is -1.43. The molecule has 5 heteroatoms. The minimum absolute atomic E-state index is 0.233. The highest BCUT2D eigenvalue weighted by atomic mass is 16.7. The van der Waals surface area contributed by atoms with E-state index in [4.69, 9.17) is 9.25 Å². The molecular formula is C12H15N3O2. The Morgan fingerprint density at radius 1 is 1.65 bits per heavy atom. The van der Waals surface area contributed by atoms with E-state index >= 15 is 0 Å². The average Bonchev–Trinajstić information content (AvgIpc) is 2.97. The number of hydroxylamine groups is 2. The van der Waals surface area contributed by atoms with Crippen molar-refractivity contribution in [3.05, 3.63) is 37.1 Å². The van der Waals surface area contributed by atoms with E-state index < -0.39 is 0 Å². The first-order valence-electron chi connectivity index (χ1n) is 5.70. The van der Waals surface area contributed by atoms with E-state index in [1.54, 1.807) is 12.3 Å². The summed E-state index contributed by atoms with van der Waals surface area (Å²) in [7, 11) is 0. The molecule has 2 atom stereocenters. The fourth-order valence-electron chi connectivity index (χ4n) is 2.34. The van der Waals surface area contributed by atoms with Gasteiger partial charge in [0.25, 0.3) is 0 Å². The van der Waals surface area contributed by atoms with Crippen LogP contribution in [0, 0.1) is 0 Å². The van der Waals surface area contributed by atoms with Gasteiger partial charge in [0.2, 0.25) is 0 Å². The van der Waals surface area contributed by atoms with E-state index in [-0.39, 0.29) is 6.04 Å². The summed E-state index contributed by atoms with van der Waals surface area (Å²) in [5.41, 5.74) is 1.17. The SMILES string of the molecule is C=CCON1CN2CC=C(c3cnco3)C1C2. The monoisotopic (exact) mass is 233 g/mol. The van der Waals surface area contributed by atoms with Gasteiger partial charge in [-0.3, -0.25) is 9.74 Å². The normalized spacial score (nSPS) is 28.1. The second-order valence-electron chi connectivity index (χ2n) is 4.22. The summed E-state index contributed by atoms with van der Waals surface area (Å²) < 4.78 is 5.38. The molecule has 0 aliphatic carbocycles. The van der Waals surface area contributed by atoms with Gasteiger partial charge in [-0.25, -0.2) is 4.98 Å². The van der Waals surface area contributed by atoms with Gasteiger partial charge < -0.3 is 4.42 Å². The minimum Gasteiger partial charge on any atom is -0.444 e. The van der Waals surface area contributed by atoms with Crippen LogP contribution in [0.5, 0.6) is 0 Å². The van der Waals surface area contributed by atoms with Crippen LogP contribution >= 0.6 is 0 Å². The largest absolute Gasteiger partial charge is 0.444 e. The van der Waals surface area contributed by atoms with E-state index in [1.165, 1.54) is 12.0 Å². The second-order valence-corrected chi connectivity index (χ2v) is 4.22. The van der Waals surface area contributed by atoms with E-state index in [2.05, 4.69) is 22.5 Å². The Morgan fingerprint density at radius 3 is 3.35 bits per heavy atom. The van der Waals surface area contributed by atoms with Crippen molar-refractivity contribution in [3.63, 3.8) is 0 Å². The van der Waals surface area contributed by atoms with Crippen molar-refractivity contribution < 1.29 is 9.25 Å². The summed E-state index contributed by atoms with van der Waals surface area (Å²) in [6, 6.07) is 0.233. The van der Waals surface area contributed by atoms with Gasteiger partial charge in [-0.05, 0) is 0 Å². The van der Waals surface area contributed by atoms with Crippen molar-refractivity contribution in [1.29, 1.82) is 0 Å². The Labute approximate surface area is 99.9 Å². The van der Waals surface area contributed by atoms with Crippen molar-refractivity contribution >= 4 is 5.57 Å². The zero-order valence-corrected chi connectivity index (χ0v) is 9.58. The first kappa shape index (κ1) is 10.7. The summed E-state index contributed by atoms with van der Waals surface area (Å²) in [5.74, 6) is 0.837. The molecule has 0 saturated carbocycles. The first-order chi connectivity index (χ1) is 8.38. The summed E-state index contributed by atoms with van der Waals surface area (Å²) in [5, 5.41) is 1.99. The maximum absolute atomic E-state index is 5.67. The molecular weight excluding hydrogens is 218 g/mol. The van der Waals surface area contributed by atoms with Crippen molar-refractivity contribution in [2.45, 2.75) is 6.04 Å². The molecule has 2 unspecified atom stereocenters. The molecule has 1 aromatic rings. The zero-order chi connectivity index (χ0) is 11.7. The smallest absolute Gasteiger partial charge is 0.181 e. The lowest BCUT2D eigenvalue weighted by Crippen LogP contribution is -2.32. The summed E-state index contributed by atoms with van der Waals surface area (Å²) in [6.07, 6.45) is 7.17. The van der Waals surface area contributed by atoms with Crippen molar-refractivity contribution in [2.24, 2.45) is 0 Å². The molecule has 2 bridgehead atoms. The Bertz CT molecular complexity index is 427. The topological polar surface area (TPSA) is 41.7 Å². The maximum Gasteiger partial charge on any atom is 0.181 e. The van der Waals surface area contributed by atoms with Gasteiger partial charge in [0.15, 0.2) is 12.2 Å². The van der Waals surface area contributed by atoms with Gasteiger partial charge in [-0.2, -0.15) is 5.06 Å². The van der Waals surface area contributed by atoms with Gasteiger partial charge in [0, 0.05) is 18.7 Å². The predicted octanol–water partition coefficient (Wildman–Crippen LogP) is 1.13. The van der Waals surface area contributed by atoms with Crippen LogP contribution in [0.2, 0.25) is 0 Å². The molecule has 17 heavy (non-hydrogen) atoms. The zero-order valence-electron chi connectivity index (χ0n) is 9.58. The predicted molar refractivity (Wildman–Crippen MR) is 62.7 cm³/mol. The van der Waals surface area contributed by atoms with Crippen LogP contribution in [0.15, 0.2) is 35.7 Å². The number of fused-ring (bicyclic) bond motifs is 2. The molecule has 2 aliphatic rings. The lowest BCUT2D eigenvalue weighted by Gasteiger charge is -2.23. The van der Waals surface area contributed by atoms with Gasteiger partial charge >= 0.3 is 0 Å². The number of nitrogens with zero attached hydrogens (tertiary/aromatic N) is 3. The summed E-state index contributed by atoms with van der Waals surface area (Å²) in [4.78, 5) is 12.0. The highest BCUT2D eigenvalue weighted by molar-refractivity contribution is 5.67. The van der Waals surface area contributed by atoms with Crippen molar-refractivity contribution in [2.75, 3.05) is 26.4 Å². The molecule has 0 N–H and O–H groups in total. The molecule has 0 radical (unpaired) electrons. The molecule has 2 aliphatic heterocycles. The lowest BCUT2D eigenvalue weighted by atomic mass is 10.0. The molecule has 0 spiro atoms. The van der Waals surface area contributed by atoms with Crippen LogP contribution in [0.4, 0.5) is 0 Å². The molecule has 3 heterocycles. The van der Waals surface area contributed by atoms with E-state index in [1.807, 2.05) is 5.06 Å². The number of oxazole rings is 1. The number of hydrogen-bond acceptors (Lipinski definition) is 5. The third-order valence-electron chi connectivity index (χ3n) is 3.12. The van der Waals surface area contributed by atoms with Crippen LogP contribution in [0.25, 0.3) is 5.57 Å². The molecule has 3 rings (SSSR count). The third-order valence-corrected chi connectivity index (χ3v) is 3.12. The molecule has 1 aromatic heterocycles. The van der Waals surface area contributed by atoms with Gasteiger partial charge in [0.1, 0.15) is 0 Å². The number of aromatic nitrogens is 1. The van der Waals surface area contributed by atoms with Gasteiger partial charge in [-0.15, -0.1) is 6.58 Å². The molecule has 0 amide bonds. The first-order valence-corrected chi connectivity index (χ1v) is 5.70. The van der Waals surface area contributed by atoms with E-state index in [0.29, 0.717) is 6.61 Å². The van der Waals surface area contributed by atoms with Crippen molar-refractivity contribution in [1.82, 2.24) is 14.9 Å². The van der Waals surface area contributed by atoms with Crippen LogP contribution in [0.1, 0.15) is 5.76 Å². The fourth-order valence-corrected chi connectivity index (χ4v) is 2.34. The van der Waals surface area contributed by atoms with Crippen LogP contribution in [-0.4, -0.2) is 47.4 Å². The highest BCUT2D eigenvalue weighted by Gasteiger charge is 2.37. The van der Waals surface area contributed by atoms with E-state index in [0.717, 1.165) is 25.5 Å². The van der Waals surface area contributed by atoms with Gasteiger partial charge in [-0.1, -0.05) is 12.2 Å². The molecule has 5 nitrogen and oxygen atoms in total. The maximum atomic E-state index is 5.67. The lowest BCUT2D eigenvalue weighted by molar-refractivity contribution is -0.151. The summed E-state index contributed by atoms with van der Waals surface area (Å²) in [6.45, 7) is 6.94. The minimum atomic E-state index is 0.233. The van der Waals surface area contributed by atoms with Crippen molar-refractivity contribution in [3.8, 4) is 0 Å². The number of hydrogen-bond donors (Lipinski definition) is 0. The Morgan fingerprint density at radius 2 is 2.59 bits per heavy atom. The quantitative estimate of drug-likeness (QED) is 0.729. The fraction of sp³-hybridized carbons (Fsp3) is 0.417. The molecule has 0 aromatic carbocycles. The highest BCUT2D eigenvalue weighted by Crippen LogP contribution is 2.31. The van der Waals surface area contributed by atoms with E-state index in [9.17, 15) is 0 Å². The third kappa shape index (κ3) is 1.93. The van der Waals surface area contributed by atoms with Crippen LogP contribution < -0.4 is 0 Å². The average molecular weight is 233 g/mol. The molecule has 1 fully saturated rings. The van der Waals surface area contributed by atoms with Crippen LogP contribution in [-0.2, 0) is 4.84 Å². The standard InChI is InChI=1S/C12H15N3O2/c1-2-5-17-15-9-14-4-3-10(11(15)7-14)12-6-13-8-16-12/h2-3,6,8,11H,1,4-5,7,9H2. The summed E-state index contributed by atoms with van der Waals surface area (Å²) >= 11 is 0. The Kier molecular flexibility index (Phi) is 2.80.